The number of ether oxygens (including phenoxy) is 3. The van der Waals surface area contributed by atoms with Crippen LogP contribution < -0.4 is 0 Å². The van der Waals surface area contributed by atoms with E-state index in [1.165, 1.54) is 148 Å². The molecule has 66 heavy (non-hydrogen) atoms. The molecule has 1 unspecified atom stereocenters. The van der Waals surface area contributed by atoms with E-state index in [1.807, 2.05) is 0 Å². The third-order valence-electron chi connectivity index (χ3n) is 12.2. The number of allylic oxidation sites excluding steroid dienone is 10. The van der Waals surface area contributed by atoms with Crippen LogP contribution in [0.4, 0.5) is 0 Å². The van der Waals surface area contributed by atoms with Crippen molar-refractivity contribution in [3.63, 3.8) is 0 Å². The first-order valence-corrected chi connectivity index (χ1v) is 28.3. The van der Waals surface area contributed by atoms with Crippen LogP contribution in [0.3, 0.4) is 0 Å². The molecule has 1 atom stereocenters. The van der Waals surface area contributed by atoms with Crippen molar-refractivity contribution in [1.29, 1.82) is 0 Å². The van der Waals surface area contributed by atoms with Crippen molar-refractivity contribution in [2.24, 2.45) is 0 Å². The van der Waals surface area contributed by atoms with Crippen LogP contribution in [0, 0.1) is 0 Å². The van der Waals surface area contributed by atoms with Crippen LogP contribution in [0.25, 0.3) is 0 Å². The van der Waals surface area contributed by atoms with E-state index in [9.17, 15) is 14.4 Å². The molecule has 0 bridgehead atoms. The van der Waals surface area contributed by atoms with Crippen LogP contribution in [0.2, 0.25) is 0 Å². The first-order chi connectivity index (χ1) is 32.5. The molecule has 0 saturated carbocycles. The molecule has 0 N–H and O–H groups in total. The highest BCUT2D eigenvalue weighted by molar-refractivity contribution is 5.71. The van der Waals surface area contributed by atoms with Gasteiger partial charge in [0.05, 0.1) is 0 Å². The van der Waals surface area contributed by atoms with E-state index in [4.69, 9.17) is 14.2 Å². The molecule has 0 saturated heterocycles. The molecule has 0 aromatic rings. The summed E-state index contributed by atoms with van der Waals surface area (Å²) >= 11 is 0. The van der Waals surface area contributed by atoms with E-state index in [0.29, 0.717) is 19.3 Å². The first-order valence-electron chi connectivity index (χ1n) is 28.3. The number of carbonyl (C=O) groups excluding carboxylic acids is 3. The molecule has 0 radical (unpaired) electrons. The maximum absolute atomic E-state index is 12.8. The third kappa shape index (κ3) is 52.1. The average molecular weight is 924 g/mol. The van der Waals surface area contributed by atoms with E-state index >= 15 is 0 Å². The summed E-state index contributed by atoms with van der Waals surface area (Å²) in [4.78, 5) is 38.1. The van der Waals surface area contributed by atoms with Crippen molar-refractivity contribution >= 4 is 17.9 Å². The Morgan fingerprint density at radius 2 is 0.545 bits per heavy atom. The minimum Gasteiger partial charge on any atom is -0.462 e. The van der Waals surface area contributed by atoms with Gasteiger partial charge in [-0.1, -0.05) is 216 Å². The Morgan fingerprint density at radius 3 is 0.879 bits per heavy atom. The molecule has 0 rings (SSSR count). The summed E-state index contributed by atoms with van der Waals surface area (Å²) in [5.74, 6) is -0.902. The van der Waals surface area contributed by atoms with Gasteiger partial charge in [-0.05, 0) is 109 Å². The number of carbonyl (C=O) groups is 3. The highest BCUT2D eigenvalue weighted by Gasteiger charge is 2.19. The van der Waals surface area contributed by atoms with Crippen LogP contribution in [0.1, 0.15) is 284 Å². The molecule has 0 aromatic carbocycles. The average Bonchev–Trinajstić information content (AvgIpc) is 3.31. The number of esters is 3. The molecule has 6 heteroatoms. The van der Waals surface area contributed by atoms with Gasteiger partial charge in [0.25, 0.3) is 0 Å². The van der Waals surface area contributed by atoms with Crippen molar-refractivity contribution in [1.82, 2.24) is 0 Å². The van der Waals surface area contributed by atoms with Gasteiger partial charge >= 0.3 is 17.9 Å². The van der Waals surface area contributed by atoms with Gasteiger partial charge in [0, 0.05) is 19.3 Å². The van der Waals surface area contributed by atoms with E-state index in [1.54, 1.807) is 0 Å². The molecule has 0 aliphatic carbocycles. The van der Waals surface area contributed by atoms with Gasteiger partial charge in [-0.3, -0.25) is 14.4 Å². The maximum atomic E-state index is 12.8. The number of hydrogen-bond donors (Lipinski definition) is 0. The van der Waals surface area contributed by atoms with Gasteiger partial charge in [0.2, 0.25) is 0 Å². The van der Waals surface area contributed by atoms with Gasteiger partial charge in [-0.25, -0.2) is 0 Å². The van der Waals surface area contributed by atoms with Gasteiger partial charge in [-0.15, -0.1) is 0 Å². The summed E-state index contributed by atoms with van der Waals surface area (Å²) in [5, 5.41) is 0. The summed E-state index contributed by atoms with van der Waals surface area (Å²) in [6.07, 6.45) is 67.7. The highest BCUT2D eigenvalue weighted by atomic mass is 16.6. The van der Waals surface area contributed by atoms with E-state index in [2.05, 4.69) is 81.5 Å². The standard InChI is InChI=1S/C60H106O6/c1-4-7-10-13-16-19-22-25-27-29-30-31-33-35-38-41-44-47-50-53-59(62)65-56-57(55-64-58(61)52-49-46-43-40-37-34-24-21-18-15-12-9-6-3)66-60(63)54-51-48-45-42-39-36-32-28-26-23-20-17-14-11-8-5-2/h16,19-21,23-25,27-28,32,57H,4-15,17-18,22,26,29-31,33-56H2,1-3H3/b19-16-,23-20-,24-21-,27-25-,32-28-. The largest absolute Gasteiger partial charge is 0.462 e. The molecular weight excluding hydrogens is 817 g/mol. The van der Waals surface area contributed by atoms with E-state index < -0.39 is 6.10 Å². The predicted molar refractivity (Wildman–Crippen MR) is 284 cm³/mol. The predicted octanol–water partition coefficient (Wildman–Crippen LogP) is 18.8. The Bertz CT molecular complexity index is 1200. The zero-order valence-electron chi connectivity index (χ0n) is 43.7. The van der Waals surface area contributed by atoms with Gasteiger partial charge in [-0.2, -0.15) is 0 Å². The molecule has 0 spiro atoms. The lowest BCUT2D eigenvalue weighted by atomic mass is 10.1. The summed E-state index contributed by atoms with van der Waals surface area (Å²) in [7, 11) is 0. The van der Waals surface area contributed by atoms with Gasteiger partial charge < -0.3 is 14.2 Å². The molecule has 6 nitrogen and oxygen atoms in total. The zero-order valence-corrected chi connectivity index (χ0v) is 43.7. The van der Waals surface area contributed by atoms with Crippen molar-refractivity contribution in [3.05, 3.63) is 60.8 Å². The number of rotatable bonds is 51. The fourth-order valence-corrected chi connectivity index (χ4v) is 7.91. The number of unbranched alkanes of at least 4 members (excludes halogenated alkanes) is 30. The molecule has 0 fully saturated rings. The fourth-order valence-electron chi connectivity index (χ4n) is 7.91. The Balaban J connectivity index is 4.39. The molecule has 0 aliphatic heterocycles. The second-order valence-electron chi connectivity index (χ2n) is 18.8. The molecular formula is C60H106O6. The topological polar surface area (TPSA) is 78.9 Å². The summed E-state index contributed by atoms with van der Waals surface area (Å²) in [5.41, 5.74) is 0. The summed E-state index contributed by atoms with van der Waals surface area (Å²) < 4.78 is 16.8. The van der Waals surface area contributed by atoms with Gasteiger partial charge in [0.1, 0.15) is 13.2 Å². The van der Waals surface area contributed by atoms with E-state index in [0.717, 1.165) is 96.3 Å². The highest BCUT2D eigenvalue weighted by Crippen LogP contribution is 2.15. The normalized spacial score (nSPS) is 12.5. The van der Waals surface area contributed by atoms with Crippen molar-refractivity contribution < 1.29 is 28.6 Å². The smallest absolute Gasteiger partial charge is 0.306 e. The Morgan fingerprint density at radius 1 is 0.303 bits per heavy atom. The maximum Gasteiger partial charge on any atom is 0.306 e. The molecule has 0 aliphatic rings. The second kappa shape index (κ2) is 54.7. The quantitative estimate of drug-likeness (QED) is 0.0262. The minimum atomic E-state index is -0.786. The summed E-state index contributed by atoms with van der Waals surface area (Å²) in [6, 6.07) is 0. The van der Waals surface area contributed by atoms with Crippen LogP contribution in [-0.4, -0.2) is 37.2 Å². The fraction of sp³-hybridized carbons (Fsp3) is 0.783. The molecule has 382 valence electrons. The van der Waals surface area contributed by atoms with Crippen molar-refractivity contribution in [3.8, 4) is 0 Å². The Hall–Kier alpha value is -2.89. The first kappa shape index (κ1) is 63.1. The minimum absolute atomic E-state index is 0.0841. The monoisotopic (exact) mass is 923 g/mol. The lowest BCUT2D eigenvalue weighted by Gasteiger charge is -2.18. The Labute approximate surface area is 409 Å². The van der Waals surface area contributed by atoms with Crippen molar-refractivity contribution in [2.45, 2.75) is 290 Å². The lowest BCUT2D eigenvalue weighted by Crippen LogP contribution is -2.30. The van der Waals surface area contributed by atoms with Crippen LogP contribution in [0.5, 0.6) is 0 Å². The third-order valence-corrected chi connectivity index (χ3v) is 12.2. The Kier molecular flexibility index (Phi) is 52.3. The van der Waals surface area contributed by atoms with Gasteiger partial charge in [0.15, 0.2) is 6.10 Å². The molecule has 0 amide bonds. The summed E-state index contributed by atoms with van der Waals surface area (Å²) in [6.45, 7) is 6.58. The zero-order chi connectivity index (χ0) is 47.9. The molecule has 0 heterocycles. The van der Waals surface area contributed by atoms with Crippen LogP contribution in [-0.2, 0) is 28.6 Å². The second-order valence-corrected chi connectivity index (χ2v) is 18.8. The van der Waals surface area contributed by atoms with Crippen LogP contribution >= 0.6 is 0 Å². The lowest BCUT2D eigenvalue weighted by molar-refractivity contribution is -0.167. The van der Waals surface area contributed by atoms with E-state index in [-0.39, 0.29) is 31.1 Å². The van der Waals surface area contributed by atoms with Crippen molar-refractivity contribution in [2.75, 3.05) is 13.2 Å². The van der Waals surface area contributed by atoms with Crippen LogP contribution in [0.15, 0.2) is 60.8 Å². The SMILES string of the molecule is CCCCC/C=C\C/C=C\CCCCCCCCCCCC(=O)OCC(COC(=O)CCCCCCC/C=C\CCCCCC)OC(=O)CCCCCCC/C=C\C/C=C\CCCCCC. The molecule has 0 aromatic heterocycles. The number of hydrogen-bond acceptors (Lipinski definition) is 6.